The normalized spacial score (nSPS) is 13.1. The Morgan fingerprint density at radius 1 is 0.566 bits per heavy atom. The molecule has 1 aliphatic rings. The summed E-state index contributed by atoms with van der Waals surface area (Å²) in [5.41, 5.74) is 22.2. The second kappa shape index (κ2) is 31.2. The highest BCUT2D eigenvalue weighted by Crippen LogP contribution is 2.28. The second-order valence-electron chi connectivity index (χ2n) is 17.4. The molecule has 1 radical (unpaired) electrons. The first-order chi connectivity index (χ1) is 40.3. The molecule has 1 saturated carbocycles. The number of carboxylic acid groups (broad SMARTS) is 1. The van der Waals surface area contributed by atoms with Crippen LogP contribution in [0.25, 0.3) is 34.2 Å². The molecule has 28 heteroatoms. The van der Waals surface area contributed by atoms with Gasteiger partial charge >= 0.3 is 5.97 Å². The number of anilines is 7. The van der Waals surface area contributed by atoms with Gasteiger partial charge in [0.15, 0.2) is 27.8 Å². The fourth-order valence-electron chi connectivity index (χ4n) is 7.72. The molecule has 1 aliphatic carbocycles. The van der Waals surface area contributed by atoms with E-state index in [1.165, 1.54) is 49.5 Å². The number of hydrogen-bond acceptors (Lipinski definition) is 24. The molecule has 0 spiro atoms. The van der Waals surface area contributed by atoms with E-state index in [9.17, 15) is 24.3 Å². The quantitative estimate of drug-likeness (QED) is 0.0179. The van der Waals surface area contributed by atoms with Gasteiger partial charge in [0.1, 0.15) is 34.1 Å². The Bertz CT molecular complexity index is 3460. The summed E-state index contributed by atoms with van der Waals surface area (Å²) >= 11 is 2.72. The minimum atomic E-state index is -1.09. The lowest BCUT2D eigenvalue weighted by Crippen LogP contribution is -2.43. The molecule has 0 bridgehead atoms. The van der Waals surface area contributed by atoms with E-state index in [4.69, 9.17) is 17.2 Å². The summed E-state index contributed by atoms with van der Waals surface area (Å²) in [5, 5.41) is 25.5. The fourth-order valence-corrected chi connectivity index (χ4v) is 8.40. The monoisotopic (exact) mass is 1150 g/mol. The van der Waals surface area contributed by atoms with E-state index in [-0.39, 0.29) is 34.6 Å². The van der Waals surface area contributed by atoms with Crippen molar-refractivity contribution in [3.63, 3.8) is 0 Å². The van der Waals surface area contributed by atoms with Crippen molar-refractivity contribution in [2.24, 2.45) is 17.2 Å². The molecule has 1 fully saturated rings. The summed E-state index contributed by atoms with van der Waals surface area (Å²) in [6, 6.07) is 27.8. The molecule has 6 aromatic heterocycles. The molecule has 0 unspecified atom stereocenters. The summed E-state index contributed by atoms with van der Waals surface area (Å²) in [6.45, 7) is 0. The van der Waals surface area contributed by atoms with Gasteiger partial charge in [0.2, 0.25) is 5.95 Å². The van der Waals surface area contributed by atoms with E-state index in [0.29, 0.717) is 57.2 Å². The first-order valence-electron chi connectivity index (χ1n) is 25.3. The molecular weight excluding hydrogens is 1100 g/mol. The van der Waals surface area contributed by atoms with Crippen molar-refractivity contribution in [2.75, 3.05) is 40.8 Å². The highest BCUT2D eigenvalue weighted by atomic mass is 32.2. The molecule has 421 valence electrons. The zero-order valence-electron chi connectivity index (χ0n) is 45.0. The number of carboxylic acids is 1. The Kier molecular flexibility index (Phi) is 22.8. The van der Waals surface area contributed by atoms with Crippen LogP contribution in [0.15, 0.2) is 157 Å². The molecule has 0 saturated heterocycles. The van der Waals surface area contributed by atoms with Crippen molar-refractivity contribution in [3.05, 3.63) is 163 Å². The predicted molar refractivity (Wildman–Crippen MR) is 321 cm³/mol. The van der Waals surface area contributed by atoms with Crippen LogP contribution in [0.4, 0.5) is 40.5 Å². The Labute approximate surface area is 486 Å². The van der Waals surface area contributed by atoms with Crippen molar-refractivity contribution in [1.29, 1.82) is 0 Å². The zero-order chi connectivity index (χ0) is 58.9. The molecule has 10 rings (SSSR count). The number of nitrogens with one attached hydrogen (secondary N) is 5. The number of hydrogen-bond donors (Lipinski definition) is 9. The number of nitrogens with two attached hydrogens (primary N) is 3. The zero-order valence-corrected chi connectivity index (χ0v) is 46.6. The summed E-state index contributed by atoms with van der Waals surface area (Å²) in [6.07, 6.45) is 22.8. The number of primary amides is 2. The van der Waals surface area contributed by atoms with E-state index in [1.807, 2.05) is 85.3 Å². The number of amides is 2. The summed E-state index contributed by atoms with van der Waals surface area (Å²) < 4.78 is 0. The second-order valence-corrected chi connectivity index (χ2v) is 18.9. The van der Waals surface area contributed by atoms with Gasteiger partial charge in [-0.1, -0.05) is 72.8 Å². The average Bonchev–Trinajstić information content (AvgIpc) is 3.57. The maximum absolute atomic E-state index is 11.9. The van der Waals surface area contributed by atoms with Crippen LogP contribution in [0.1, 0.15) is 56.8 Å². The number of aromatic carboxylic acids is 1. The molecule has 25 nitrogen and oxygen atoms in total. The molecule has 0 aliphatic heterocycles. The lowest BCUT2D eigenvalue weighted by molar-refractivity contribution is 0.0696. The topological polar surface area (TPSA) is 381 Å². The molecule has 12 N–H and O–H groups in total. The number of rotatable bonds is 18. The van der Waals surface area contributed by atoms with Crippen molar-refractivity contribution in [2.45, 2.75) is 48.1 Å². The number of carbonyl (C=O) groups excluding carboxylic acids is 3. The van der Waals surface area contributed by atoms with Gasteiger partial charge in [0.05, 0.1) is 6.19 Å². The van der Waals surface area contributed by atoms with Crippen LogP contribution >= 0.6 is 23.5 Å². The number of nitrogens with zero attached hydrogens (tertiary/aromatic N) is 12. The molecule has 2 amide bonds. The summed E-state index contributed by atoms with van der Waals surface area (Å²) in [5.74, 6) is 0.869. The van der Waals surface area contributed by atoms with Gasteiger partial charge < -0.3 is 53.6 Å². The van der Waals surface area contributed by atoms with Gasteiger partial charge in [-0.25, -0.2) is 59.6 Å². The first-order valence-corrected chi connectivity index (χ1v) is 27.7. The predicted octanol–water partition coefficient (Wildman–Crippen LogP) is 7.07. The van der Waals surface area contributed by atoms with Crippen LogP contribution in [-0.4, -0.2) is 128 Å². The molecule has 6 heterocycles. The van der Waals surface area contributed by atoms with Crippen LogP contribution in [-0.2, 0) is 4.79 Å². The van der Waals surface area contributed by atoms with E-state index in [1.54, 1.807) is 62.4 Å². The Hall–Kier alpha value is -9.90. The van der Waals surface area contributed by atoms with Crippen LogP contribution in [0.5, 0.6) is 0 Å². The van der Waals surface area contributed by atoms with Gasteiger partial charge in [-0.15, -0.1) is 0 Å². The van der Waals surface area contributed by atoms with Crippen molar-refractivity contribution < 1.29 is 24.3 Å². The third-order valence-corrected chi connectivity index (χ3v) is 12.8. The highest BCUT2D eigenvalue weighted by Gasteiger charge is 2.23. The molecule has 83 heavy (non-hydrogen) atoms. The third kappa shape index (κ3) is 18.1. The van der Waals surface area contributed by atoms with Gasteiger partial charge in [-0.05, 0) is 87.0 Å². The first kappa shape index (κ1) is 60.7. The Morgan fingerprint density at radius 3 is 1.34 bits per heavy atom. The SMILES string of the molecule is CN[B]C=O.CSc1ncc(C(=O)O)c(Nc2cccc(-c3ncccn3)c2)n1.CSc1ncc(C(N)=O)c(Nc2cccc(-c3ncccn3)c2)n1.NC(=O)c1cnc(N[C@@H]2CCCC[C@@H]2N)nc1Nc1cccc(-c2ncccn2)c1. The van der Waals surface area contributed by atoms with E-state index < -0.39 is 17.8 Å². The molecule has 3 aromatic carbocycles. The minimum absolute atomic E-state index is 0.00849. The fraction of sp³-hybridized carbons (Fsp3) is 0.164. The minimum Gasteiger partial charge on any atom is -0.477 e. The van der Waals surface area contributed by atoms with Crippen LogP contribution in [0, 0.1) is 0 Å². The lowest BCUT2D eigenvalue weighted by Gasteiger charge is -2.29. The van der Waals surface area contributed by atoms with Gasteiger partial charge in [0, 0.05) is 102 Å². The number of carbonyl (C=O) groups is 4. The average molecular weight is 1150 g/mol. The Balaban J connectivity index is 0.000000173. The summed E-state index contributed by atoms with van der Waals surface area (Å²) in [7, 11) is 2.99. The van der Waals surface area contributed by atoms with Crippen LogP contribution in [0.2, 0.25) is 0 Å². The van der Waals surface area contributed by atoms with E-state index >= 15 is 0 Å². The standard InChI is InChI=1S/C21H24N8O.C16H14N6OS.C16H13N5O2S.C2H5BNO/c22-16-7-1-2-8-17(16)28-21-26-12-15(18(23)30)20(29-21)27-14-6-3-5-13(11-14)19-24-9-4-10-25-19;1-24-16-20-9-12(13(17)23)15(22-16)21-11-5-2-4-10(8-11)14-18-6-3-7-19-14;1-24-16-19-9-12(15(22)23)14(21-16)20-11-5-2-4-10(8-11)13-17-6-3-7-18-13;1-4-3-2-5/h3-6,9-12,16-17H,1-2,7-8,22H2,(H2,23,30)(H2,26,27,28,29);2-9H,1H3,(H2,17,23)(H,20,21,22);2-9H,1H3,(H,22,23)(H,19,20,21);2,4H,1H3/t16-,17+;;;/m0.../s1. The summed E-state index contributed by atoms with van der Waals surface area (Å²) in [4.78, 5) is 94.9. The van der Waals surface area contributed by atoms with E-state index in [0.717, 1.165) is 53.7 Å². The number of aromatic nitrogens is 12. The highest BCUT2D eigenvalue weighted by molar-refractivity contribution is 7.98. The molecule has 2 atom stereocenters. The van der Waals surface area contributed by atoms with Crippen LogP contribution in [0.3, 0.4) is 0 Å². The van der Waals surface area contributed by atoms with Crippen molar-refractivity contribution in [3.8, 4) is 34.2 Å². The van der Waals surface area contributed by atoms with Crippen LogP contribution < -0.4 is 43.7 Å². The maximum atomic E-state index is 11.9. The maximum Gasteiger partial charge on any atom is 0.341 e. The van der Waals surface area contributed by atoms with Gasteiger partial charge in [-0.3, -0.25) is 9.59 Å². The van der Waals surface area contributed by atoms with E-state index in [2.05, 4.69) is 86.3 Å². The largest absolute Gasteiger partial charge is 0.477 e. The van der Waals surface area contributed by atoms with Crippen molar-refractivity contribution >= 4 is 95.4 Å². The number of benzene rings is 3. The lowest BCUT2D eigenvalue weighted by atomic mass is 9.91. The molecular formula is C55H56BN20O5S2. The smallest absolute Gasteiger partial charge is 0.341 e. The third-order valence-electron chi connectivity index (χ3n) is 11.7. The number of thioether (sulfide) groups is 2. The van der Waals surface area contributed by atoms with Gasteiger partial charge in [-0.2, -0.15) is 4.98 Å². The van der Waals surface area contributed by atoms with Crippen molar-refractivity contribution in [1.82, 2.24) is 65.0 Å². The van der Waals surface area contributed by atoms with Gasteiger partial charge in [0.25, 0.3) is 19.2 Å². The molecule has 9 aromatic rings. The Morgan fingerprint density at radius 2 is 0.964 bits per heavy atom.